The summed E-state index contributed by atoms with van der Waals surface area (Å²) in [5, 5.41) is 4.67. The van der Waals surface area contributed by atoms with E-state index >= 15 is 0 Å². The van der Waals surface area contributed by atoms with Crippen molar-refractivity contribution in [2.24, 2.45) is 0 Å². The molecule has 0 saturated carbocycles. The van der Waals surface area contributed by atoms with Crippen LogP contribution in [0.15, 0.2) is 229 Å². The highest BCUT2D eigenvalue weighted by atomic mass is 16.3. The Morgan fingerprint density at radius 3 is 1.67 bits per heavy atom. The third-order valence-corrected chi connectivity index (χ3v) is 13.3. The highest BCUT2D eigenvalue weighted by Crippen LogP contribution is 2.64. The van der Waals surface area contributed by atoms with Crippen LogP contribution in [0.2, 0.25) is 0 Å². The first-order valence-corrected chi connectivity index (χ1v) is 21.1. The van der Waals surface area contributed by atoms with Gasteiger partial charge in [0.1, 0.15) is 5.58 Å². The van der Waals surface area contributed by atoms with Crippen molar-refractivity contribution in [1.82, 2.24) is 0 Å². The second-order valence-electron chi connectivity index (χ2n) is 16.4. The maximum absolute atomic E-state index is 6.97. The molecule has 13 rings (SSSR count). The van der Waals surface area contributed by atoms with Gasteiger partial charge in [0, 0.05) is 22.0 Å². The van der Waals surface area contributed by atoms with Crippen molar-refractivity contribution in [3.63, 3.8) is 0 Å². The number of anilines is 3. The van der Waals surface area contributed by atoms with Crippen LogP contribution < -0.4 is 4.90 Å². The summed E-state index contributed by atoms with van der Waals surface area (Å²) in [5.74, 6) is 0. The number of para-hydroxylation sites is 1. The first-order chi connectivity index (χ1) is 30.3. The Kier molecular flexibility index (Phi) is 7.26. The predicted octanol–water partition coefficient (Wildman–Crippen LogP) is 15.9. The van der Waals surface area contributed by atoms with Crippen LogP contribution in [0.5, 0.6) is 0 Å². The maximum Gasteiger partial charge on any atom is 0.159 e. The molecule has 0 bridgehead atoms. The summed E-state index contributed by atoms with van der Waals surface area (Å²) in [7, 11) is 0. The van der Waals surface area contributed by atoms with Gasteiger partial charge in [0.05, 0.1) is 16.8 Å². The fraction of sp³-hybridized carbons (Fsp3) is 0.0169. The SMILES string of the molecule is c1ccc(-c2ccc3oc4c(N(c5ccc(-c6ccc7ccccc7c6)cc5)c5cccc6c5-c5ccccc5C65c6ccccc6-c6ccccc65)cccc4c3c2)cc1. The zero-order valence-electron chi connectivity index (χ0n) is 33.2. The molecule has 0 amide bonds. The smallest absolute Gasteiger partial charge is 0.159 e. The monoisotopic (exact) mass is 775 g/mol. The number of nitrogens with zero attached hydrogens (tertiary/aromatic N) is 1. The standard InChI is InChI=1S/C59H37NO/c1-2-14-38(15-3-1)43-32-35-56-49(37-43)47-21-12-27-55(58(47)61-56)60(44-33-30-40(31-34-44)42-29-28-39-16-4-5-17-41(39)36-42)54-26-13-25-53-57(54)48-20-8-11-24-52(48)59(53)50-22-9-6-18-45(50)46-19-7-10-23-51(46)59/h1-37H. The van der Waals surface area contributed by atoms with Crippen LogP contribution in [0.3, 0.4) is 0 Å². The number of hydrogen-bond donors (Lipinski definition) is 0. The molecule has 10 aromatic carbocycles. The second-order valence-corrected chi connectivity index (χ2v) is 16.4. The lowest BCUT2D eigenvalue weighted by atomic mass is 9.70. The quantitative estimate of drug-likeness (QED) is 0.173. The van der Waals surface area contributed by atoms with Crippen LogP contribution in [0, 0.1) is 0 Å². The fourth-order valence-electron chi connectivity index (χ4n) is 10.7. The van der Waals surface area contributed by atoms with E-state index in [0.29, 0.717) is 0 Å². The van der Waals surface area contributed by atoms with Crippen molar-refractivity contribution < 1.29 is 4.42 Å². The molecule has 0 atom stereocenters. The molecule has 2 aliphatic carbocycles. The van der Waals surface area contributed by atoms with E-state index in [9.17, 15) is 0 Å². The molecule has 1 heterocycles. The fourth-order valence-corrected chi connectivity index (χ4v) is 10.7. The molecule has 284 valence electrons. The van der Waals surface area contributed by atoms with Crippen LogP contribution in [0.4, 0.5) is 17.1 Å². The Balaban J connectivity index is 1.07. The zero-order chi connectivity index (χ0) is 40.1. The van der Waals surface area contributed by atoms with Crippen molar-refractivity contribution in [1.29, 1.82) is 0 Å². The van der Waals surface area contributed by atoms with Gasteiger partial charge in [-0.15, -0.1) is 0 Å². The van der Waals surface area contributed by atoms with E-state index in [-0.39, 0.29) is 0 Å². The molecule has 11 aromatic rings. The average Bonchev–Trinajstić information content (AvgIpc) is 3.97. The number of rotatable bonds is 5. The minimum atomic E-state index is -0.458. The number of hydrogen-bond acceptors (Lipinski definition) is 2. The first-order valence-electron chi connectivity index (χ1n) is 21.1. The van der Waals surface area contributed by atoms with Gasteiger partial charge >= 0.3 is 0 Å². The minimum absolute atomic E-state index is 0.458. The van der Waals surface area contributed by atoms with Crippen LogP contribution in [-0.4, -0.2) is 0 Å². The molecule has 0 aliphatic heterocycles. The summed E-state index contributed by atoms with van der Waals surface area (Å²) in [6.45, 7) is 0. The van der Waals surface area contributed by atoms with Gasteiger partial charge in [-0.1, -0.05) is 182 Å². The molecule has 0 saturated heterocycles. The van der Waals surface area contributed by atoms with Crippen molar-refractivity contribution in [2.75, 3.05) is 4.90 Å². The Hall–Kier alpha value is -7.94. The van der Waals surface area contributed by atoms with Gasteiger partial charge in [0.25, 0.3) is 0 Å². The molecule has 0 N–H and O–H groups in total. The summed E-state index contributed by atoms with van der Waals surface area (Å²) in [4.78, 5) is 2.44. The van der Waals surface area contributed by atoms with E-state index in [1.165, 1.54) is 77.5 Å². The van der Waals surface area contributed by atoms with Crippen LogP contribution >= 0.6 is 0 Å². The third kappa shape index (κ3) is 4.85. The van der Waals surface area contributed by atoms with Crippen molar-refractivity contribution in [2.45, 2.75) is 5.41 Å². The summed E-state index contributed by atoms with van der Waals surface area (Å²) in [6.07, 6.45) is 0. The van der Waals surface area contributed by atoms with Gasteiger partial charge in [-0.2, -0.15) is 0 Å². The molecule has 0 unspecified atom stereocenters. The van der Waals surface area contributed by atoms with Gasteiger partial charge in [-0.05, 0) is 114 Å². The lowest BCUT2D eigenvalue weighted by Gasteiger charge is -2.31. The molecular weight excluding hydrogens is 739 g/mol. The summed E-state index contributed by atoms with van der Waals surface area (Å²) in [5.41, 5.74) is 19.5. The first kappa shape index (κ1) is 34.0. The lowest BCUT2D eigenvalue weighted by molar-refractivity contribution is 0.669. The highest BCUT2D eigenvalue weighted by molar-refractivity contribution is 6.12. The molecule has 1 spiro atoms. The number of furan rings is 1. The molecule has 1 aromatic heterocycles. The molecule has 2 heteroatoms. The van der Waals surface area contributed by atoms with Gasteiger partial charge in [-0.25, -0.2) is 0 Å². The van der Waals surface area contributed by atoms with Gasteiger partial charge < -0.3 is 9.32 Å². The van der Waals surface area contributed by atoms with E-state index < -0.39 is 5.41 Å². The predicted molar refractivity (Wildman–Crippen MR) is 253 cm³/mol. The van der Waals surface area contributed by atoms with Crippen LogP contribution in [-0.2, 0) is 5.41 Å². The summed E-state index contributed by atoms with van der Waals surface area (Å²) < 4.78 is 6.97. The van der Waals surface area contributed by atoms with Crippen molar-refractivity contribution >= 4 is 49.8 Å². The van der Waals surface area contributed by atoms with E-state index in [2.05, 4.69) is 229 Å². The van der Waals surface area contributed by atoms with E-state index in [1.807, 2.05) is 0 Å². The van der Waals surface area contributed by atoms with E-state index in [1.54, 1.807) is 0 Å². The highest BCUT2D eigenvalue weighted by Gasteiger charge is 2.52. The largest absolute Gasteiger partial charge is 0.454 e. The Labute approximate surface area is 354 Å². The van der Waals surface area contributed by atoms with Crippen molar-refractivity contribution in [3.05, 3.63) is 247 Å². The van der Waals surface area contributed by atoms with Crippen LogP contribution in [0.25, 0.3) is 77.2 Å². The number of benzene rings is 10. The summed E-state index contributed by atoms with van der Waals surface area (Å²) >= 11 is 0. The topological polar surface area (TPSA) is 16.4 Å². The van der Waals surface area contributed by atoms with Gasteiger partial charge in [0.2, 0.25) is 0 Å². The van der Waals surface area contributed by atoms with E-state index in [4.69, 9.17) is 4.42 Å². The molecule has 61 heavy (non-hydrogen) atoms. The van der Waals surface area contributed by atoms with E-state index in [0.717, 1.165) is 39.0 Å². The molecule has 0 radical (unpaired) electrons. The Morgan fingerprint density at radius 2 is 0.902 bits per heavy atom. The van der Waals surface area contributed by atoms with Crippen molar-refractivity contribution in [3.8, 4) is 44.5 Å². The Bertz CT molecular complexity index is 3490. The lowest BCUT2D eigenvalue weighted by Crippen LogP contribution is -2.26. The molecule has 2 nitrogen and oxygen atoms in total. The maximum atomic E-state index is 6.97. The van der Waals surface area contributed by atoms with Gasteiger partial charge in [0.15, 0.2) is 5.58 Å². The minimum Gasteiger partial charge on any atom is -0.454 e. The zero-order valence-corrected chi connectivity index (χ0v) is 33.2. The molecular formula is C59H37NO. The third-order valence-electron chi connectivity index (χ3n) is 13.3. The number of fused-ring (bicyclic) bond motifs is 14. The summed E-state index contributed by atoms with van der Waals surface area (Å²) in [6, 6.07) is 82.2. The van der Waals surface area contributed by atoms with Gasteiger partial charge in [-0.3, -0.25) is 0 Å². The normalized spacial score (nSPS) is 13.0. The second kappa shape index (κ2) is 13.0. The molecule has 0 fully saturated rings. The van der Waals surface area contributed by atoms with Crippen LogP contribution in [0.1, 0.15) is 22.3 Å². The average molecular weight is 776 g/mol. The molecule has 2 aliphatic rings. The Morgan fingerprint density at radius 1 is 0.344 bits per heavy atom.